The number of rotatable bonds is 6. The molecule has 2 N–H and O–H groups in total. The second-order valence-electron chi connectivity index (χ2n) is 8.25. The molecule has 4 atom stereocenters. The molecule has 0 aliphatic carbocycles. The molecule has 4 heterocycles. The number of halogens is 2. The van der Waals surface area contributed by atoms with E-state index in [2.05, 4.69) is 14.8 Å². The van der Waals surface area contributed by atoms with Crippen LogP contribution >= 0.6 is 0 Å². The molecule has 0 saturated carbocycles. The van der Waals surface area contributed by atoms with E-state index in [-0.39, 0.29) is 25.1 Å². The molecule has 0 aromatic carbocycles. The van der Waals surface area contributed by atoms with Gasteiger partial charge in [0, 0.05) is 12.8 Å². The molecular weight excluding hydrogens is 474 g/mol. The van der Waals surface area contributed by atoms with Crippen molar-refractivity contribution in [2.75, 3.05) is 25.7 Å². The highest BCUT2D eigenvalue weighted by molar-refractivity contribution is 5.74. The molecule has 14 heteroatoms. The summed E-state index contributed by atoms with van der Waals surface area (Å²) in [5, 5.41) is 4.20. The van der Waals surface area contributed by atoms with Crippen LogP contribution in [0.2, 0.25) is 0 Å². The zero-order valence-corrected chi connectivity index (χ0v) is 18.7. The van der Waals surface area contributed by atoms with Gasteiger partial charge in [0.2, 0.25) is 0 Å². The number of carbonyl (C=O) groups excluding carboxylic acids is 3. The van der Waals surface area contributed by atoms with Crippen molar-refractivity contribution in [2.24, 2.45) is 0 Å². The largest absolute Gasteiger partial charge is 0.508 e. The minimum Gasteiger partial charge on any atom is -0.455 e. The standard InChI is InChI=1S/C21H24F2N4O8/c1-21(14-6-5-12-19(24)25-10-26-27(12)14)18-17(33-15(28)3-2-4-16(29)34-18)13(35-21)9-31-20(30)32-11(7-22)8-23/h5-6,10-11,13,17-18H,2-4,7-9H2,1H3,(H2,24,25,26)/t13-,17-,18-,21+/m1/s1. The van der Waals surface area contributed by atoms with Crippen LogP contribution in [0.5, 0.6) is 0 Å². The SMILES string of the molecule is C[C@@]1(c2ccc3c(N)ncnn23)O[C@H](COC(=O)OC(CF)CF)[C@H]2OC(=O)CCCC(=O)O[C@H]21. The van der Waals surface area contributed by atoms with Crippen molar-refractivity contribution in [1.82, 2.24) is 14.6 Å². The van der Waals surface area contributed by atoms with Gasteiger partial charge in [0.15, 0.2) is 24.1 Å². The molecule has 2 fully saturated rings. The zero-order chi connectivity index (χ0) is 25.2. The van der Waals surface area contributed by atoms with E-state index >= 15 is 0 Å². The van der Waals surface area contributed by atoms with Crippen LogP contribution in [0.25, 0.3) is 5.52 Å². The average molecular weight is 498 g/mol. The molecule has 190 valence electrons. The number of hydrogen-bond acceptors (Lipinski definition) is 11. The van der Waals surface area contributed by atoms with Gasteiger partial charge in [-0.25, -0.2) is 23.1 Å². The Balaban J connectivity index is 1.67. The number of nitrogen functional groups attached to an aromatic ring is 1. The molecule has 0 radical (unpaired) electrons. The van der Waals surface area contributed by atoms with Gasteiger partial charge in [-0.1, -0.05) is 0 Å². The summed E-state index contributed by atoms with van der Waals surface area (Å²) in [7, 11) is 0. The Bertz CT molecular complexity index is 1110. The summed E-state index contributed by atoms with van der Waals surface area (Å²) in [6, 6.07) is 3.29. The molecule has 35 heavy (non-hydrogen) atoms. The molecule has 2 aromatic heterocycles. The van der Waals surface area contributed by atoms with E-state index in [1.807, 2.05) is 0 Å². The quantitative estimate of drug-likeness (QED) is 0.454. The van der Waals surface area contributed by atoms with E-state index in [9.17, 15) is 23.2 Å². The predicted octanol–water partition coefficient (Wildman–Crippen LogP) is 1.39. The van der Waals surface area contributed by atoms with E-state index in [0.29, 0.717) is 11.2 Å². The molecule has 12 nitrogen and oxygen atoms in total. The first kappa shape index (κ1) is 24.6. The van der Waals surface area contributed by atoms with Crippen molar-refractivity contribution in [1.29, 1.82) is 0 Å². The second-order valence-corrected chi connectivity index (χ2v) is 8.25. The summed E-state index contributed by atoms with van der Waals surface area (Å²) < 4.78 is 53.8. The molecule has 0 amide bonds. The number of hydrogen-bond donors (Lipinski definition) is 1. The third-order valence-corrected chi connectivity index (χ3v) is 5.85. The Hall–Kier alpha value is -3.55. The summed E-state index contributed by atoms with van der Waals surface area (Å²) in [5.74, 6) is -0.974. The van der Waals surface area contributed by atoms with Gasteiger partial charge in [0.25, 0.3) is 0 Å². The number of ether oxygens (including phenoxy) is 5. The molecule has 2 saturated heterocycles. The molecule has 0 spiro atoms. The van der Waals surface area contributed by atoms with Crippen LogP contribution < -0.4 is 5.73 Å². The Kier molecular flexibility index (Phi) is 7.00. The van der Waals surface area contributed by atoms with Crippen LogP contribution in [0.1, 0.15) is 31.9 Å². The Morgan fingerprint density at radius 1 is 1.26 bits per heavy atom. The molecule has 0 unspecified atom stereocenters. The Morgan fingerprint density at radius 3 is 2.69 bits per heavy atom. The van der Waals surface area contributed by atoms with Gasteiger partial charge in [-0.15, -0.1) is 0 Å². The van der Waals surface area contributed by atoms with E-state index in [0.717, 1.165) is 0 Å². The number of fused-ring (bicyclic) bond motifs is 2. The summed E-state index contributed by atoms with van der Waals surface area (Å²) in [6.45, 7) is -1.38. The molecule has 4 rings (SSSR count). The highest BCUT2D eigenvalue weighted by atomic mass is 19.1. The lowest BCUT2D eigenvalue weighted by atomic mass is 9.92. The summed E-state index contributed by atoms with van der Waals surface area (Å²) in [4.78, 5) is 40.8. The highest BCUT2D eigenvalue weighted by Gasteiger charge is 2.59. The summed E-state index contributed by atoms with van der Waals surface area (Å²) in [6.07, 6.45) is -4.97. The number of esters is 2. The first-order chi connectivity index (χ1) is 16.8. The summed E-state index contributed by atoms with van der Waals surface area (Å²) in [5.41, 5.74) is 5.36. The fourth-order valence-corrected chi connectivity index (χ4v) is 4.15. The van der Waals surface area contributed by atoms with Crippen LogP contribution in [0.3, 0.4) is 0 Å². The van der Waals surface area contributed by atoms with Crippen LogP contribution in [0, 0.1) is 0 Å². The van der Waals surface area contributed by atoms with Crippen LogP contribution in [0.4, 0.5) is 19.4 Å². The van der Waals surface area contributed by atoms with Crippen molar-refractivity contribution < 1.29 is 46.8 Å². The lowest BCUT2D eigenvalue weighted by molar-refractivity contribution is -0.168. The first-order valence-electron chi connectivity index (χ1n) is 10.9. The topological polar surface area (TPSA) is 154 Å². The van der Waals surface area contributed by atoms with Crippen LogP contribution in [-0.4, -0.2) is 77.1 Å². The zero-order valence-electron chi connectivity index (χ0n) is 18.7. The highest BCUT2D eigenvalue weighted by Crippen LogP contribution is 2.44. The number of alkyl halides is 2. The van der Waals surface area contributed by atoms with Crippen molar-refractivity contribution in [3.63, 3.8) is 0 Å². The maximum absolute atomic E-state index is 12.7. The first-order valence-corrected chi connectivity index (χ1v) is 10.9. The minimum absolute atomic E-state index is 0.0141. The fourth-order valence-electron chi connectivity index (χ4n) is 4.15. The monoisotopic (exact) mass is 498 g/mol. The summed E-state index contributed by atoms with van der Waals surface area (Å²) >= 11 is 0. The maximum atomic E-state index is 12.7. The van der Waals surface area contributed by atoms with Gasteiger partial charge < -0.3 is 29.4 Å². The van der Waals surface area contributed by atoms with Gasteiger partial charge in [0.05, 0.1) is 5.69 Å². The van der Waals surface area contributed by atoms with Gasteiger partial charge in [-0.05, 0) is 25.5 Å². The third kappa shape index (κ3) is 4.83. The lowest BCUT2D eigenvalue weighted by Gasteiger charge is -2.30. The van der Waals surface area contributed by atoms with E-state index in [1.165, 1.54) is 10.8 Å². The van der Waals surface area contributed by atoms with Gasteiger partial charge in [-0.2, -0.15) is 5.10 Å². The number of nitrogens with two attached hydrogens (primary N) is 1. The minimum atomic E-state index is -1.61. The van der Waals surface area contributed by atoms with Crippen molar-refractivity contribution in [3.05, 3.63) is 24.2 Å². The van der Waals surface area contributed by atoms with Crippen molar-refractivity contribution in [2.45, 2.75) is 56.2 Å². The van der Waals surface area contributed by atoms with E-state index in [4.69, 9.17) is 24.7 Å². The number of carbonyl (C=O) groups is 3. The Morgan fingerprint density at radius 2 is 1.97 bits per heavy atom. The predicted molar refractivity (Wildman–Crippen MR) is 111 cm³/mol. The fraction of sp³-hybridized carbons (Fsp3) is 0.571. The molecule has 2 aliphatic rings. The second kappa shape index (κ2) is 9.98. The van der Waals surface area contributed by atoms with Crippen molar-refractivity contribution in [3.8, 4) is 0 Å². The molecule has 0 bridgehead atoms. The number of nitrogens with zero attached hydrogens (tertiary/aromatic N) is 3. The van der Waals surface area contributed by atoms with Crippen molar-refractivity contribution >= 4 is 29.4 Å². The van der Waals surface area contributed by atoms with Crippen LogP contribution in [0.15, 0.2) is 18.5 Å². The molecule has 2 aliphatic heterocycles. The van der Waals surface area contributed by atoms with E-state index in [1.54, 1.807) is 19.1 Å². The van der Waals surface area contributed by atoms with Crippen LogP contribution in [-0.2, 0) is 38.9 Å². The maximum Gasteiger partial charge on any atom is 0.508 e. The Labute approximate surface area is 197 Å². The average Bonchev–Trinajstić information content (AvgIpc) is 3.39. The van der Waals surface area contributed by atoms with Gasteiger partial charge in [-0.3, -0.25) is 9.59 Å². The third-order valence-electron chi connectivity index (χ3n) is 5.85. The number of anilines is 1. The lowest BCUT2D eigenvalue weighted by Crippen LogP contribution is -2.45. The number of aromatic nitrogens is 3. The molecular formula is C21H24F2N4O8. The smallest absolute Gasteiger partial charge is 0.455 e. The van der Waals surface area contributed by atoms with Gasteiger partial charge in [0.1, 0.15) is 43.5 Å². The van der Waals surface area contributed by atoms with E-state index < -0.39 is 68.1 Å². The normalized spacial score (nSPS) is 26.9. The molecule has 2 aromatic rings. The van der Waals surface area contributed by atoms with Gasteiger partial charge >= 0.3 is 18.1 Å².